The zero-order valence-corrected chi connectivity index (χ0v) is 11.3. The molecule has 1 atom stereocenters. The molecule has 0 amide bonds. The summed E-state index contributed by atoms with van der Waals surface area (Å²) >= 11 is 6.43. The Morgan fingerprint density at radius 1 is 1.17 bits per heavy atom. The summed E-state index contributed by atoms with van der Waals surface area (Å²) in [6, 6.07) is 0. The highest BCUT2D eigenvalue weighted by Crippen LogP contribution is 2.49. The maximum atomic E-state index is 6.43. The number of ether oxygens (including phenoxy) is 2. The Balaban J connectivity index is 2.24. The minimum absolute atomic E-state index is 0.338. The molecule has 1 aromatic carbocycles. The van der Waals surface area contributed by atoms with Crippen molar-refractivity contribution in [3.63, 3.8) is 0 Å². The van der Waals surface area contributed by atoms with E-state index < -0.39 is 0 Å². The number of hydrogen-bond acceptors (Lipinski definition) is 3. The number of halogens is 1. The quantitative estimate of drug-likeness (QED) is 0.916. The third kappa shape index (κ3) is 1.61. The molecule has 0 aliphatic carbocycles. The number of fused-ring (bicyclic) bond motifs is 2. The maximum Gasteiger partial charge on any atom is 0.142 e. The van der Waals surface area contributed by atoms with Gasteiger partial charge < -0.3 is 15.2 Å². The molecule has 18 heavy (non-hydrogen) atoms. The molecule has 98 valence electrons. The molecule has 0 saturated carbocycles. The van der Waals surface area contributed by atoms with Crippen LogP contribution in [0.3, 0.4) is 0 Å². The molecule has 0 saturated heterocycles. The van der Waals surface area contributed by atoms with Crippen molar-refractivity contribution in [1.82, 2.24) is 0 Å². The third-order valence-electron chi connectivity index (χ3n) is 3.96. The Morgan fingerprint density at radius 2 is 1.83 bits per heavy atom. The van der Waals surface area contributed by atoms with Crippen molar-refractivity contribution in [2.24, 2.45) is 5.73 Å². The topological polar surface area (TPSA) is 44.5 Å². The Hall–Kier alpha value is -0.930. The van der Waals surface area contributed by atoms with Gasteiger partial charge in [-0.05, 0) is 18.9 Å². The molecule has 1 unspecified atom stereocenters. The first-order valence-electron chi connectivity index (χ1n) is 6.60. The molecule has 0 bridgehead atoms. The lowest BCUT2D eigenvalue weighted by molar-refractivity contribution is 0.350. The van der Waals surface area contributed by atoms with Gasteiger partial charge in [0.2, 0.25) is 0 Å². The van der Waals surface area contributed by atoms with Crippen molar-refractivity contribution in [3.05, 3.63) is 21.7 Å². The van der Waals surface area contributed by atoms with Crippen molar-refractivity contribution in [2.75, 3.05) is 19.8 Å². The highest BCUT2D eigenvalue weighted by Gasteiger charge is 2.32. The van der Waals surface area contributed by atoms with Crippen molar-refractivity contribution in [2.45, 2.75) is 32.1 Å². The molecule has 2 N–H and O–H groups in total. The van der Waals surface area contributed by atoms with E-state index in [0.717, 1.165) is 41.3 Å². The second-order valence-electron chi connectivity index (χ2n) is 4.88. The molecule has 0 fully saturated rings. The fourth-order valence-electron chi connectivity index (χ4n) is 3.01. The van der Waals surface area contributed by atoms with Gasteiger partial charge in [0.1, 0.15) is 11.5 Å². The van der Waals surface area contributed by atoms with Gasteiger partial charge in [-0.1, -0.05) is 18.5 Å². The predicted octanol–water partition coefficient (Wildman–Crippen LogP) is 2.66. The Bertz CT molecular complexity index is 448. The number of benzene rings is 1. The number of nitrogens with two attached hydrogens (primary N) is 1. The van der Waals surface area contributed by atoms with Crippen LogP contribution in [0.1, 0.15) is 36.0 Å². The summed E-state index contributed by atoms with van der Waals surface area (Å²) in [5, 5.41) is 0.755. The van der Waals surface area contributed by atoms with E-state index in [1.54, 1.807) is 0 Å². The molecule has 2 heterocycles. The molecule has 2 aliphatic heterocycles. The van der Waals surface area contributed by atoms with Crippen molar-refractivity contribution in [3.8, 4) is 11.5 Å². The van der Waals surface area contributed by atoms with E-state index in [0.29, 0.717) is 25.7 Å². The molecule has 1 aromatic rings. The summed E-state index contributed by atoms with van der Waals surface area (Å²) in [4.78, 5) is 0. The van der Waals surface area contributed by atoms with E-state index in [-0.39, 0.29) is 0 Å². The largest absolute Gasteiger partial charge is 0.493 e. The minimum atomic E-state index is 0.338. The lowest BCUT2D eigenvalue weighted by Gasteiger charge is -2.20. The number of rotatable bonds is 3. The maximum absolute atomic E-state index is 6.43. The summed E-state index contributed by atoms with van der Waals surface area (Å²) < 4.78 is 11.5. The molecule has 2 aliphatic rings. The summed E-state index contributed by atoms with van der Waals surface area (Å²) in [5.74, 6) is 2.20. The summed E-state index contributed by atoms with van der Waals surface area (Å²) in [6.07, 6.45) is 2.80. The van der Waals surface area contributed by atoms with Gasteiger partial charge in [0.05, 0.1) is 18.2 Å². The van der Waals surface area contributed by atoms with Gasteiger partial charge in [0.25, 0.3) is 0 Å². The molecule has 0 radical (unpaired) electrons. The molecular formula is C14H18ClNO2. The van der Waals surface area contributed by atoms with Crippen LogP contribution >= 0.6 is 11.6 Å². The van der Waals surface area contributed by atoms with Gasteiger partial charge in [0.15, 0.2) is 0 Å². The van der Waals surface area contributed by atoms with E-state index in [9.17, 15) is 0 Å². The van der Waals surface area contributed by atoms with Crippen LogP contribution in [-0.2, 0) is 12.8 Å². The summed E-state index contributed by atoms with van der Waals surface area (Å²) in [7, 11) is 0. The lowest BCUT2D eigenvalue weighted by atomic mass is 9.88. The average molecular weight is 268 g/mol. The van der Waals surface area contributed by atoms with Crippen LogP contribution in [0.15, 0.2) is 0 Å². The zero-order chi connectivity index (χ0) is 12.7. The standard InChI is InChI=1S/C14H18ClNO2/c1-2-8(7-16)11-9-3-5-18-14(9)12(15)10-4-6-17-13(10)11/h8H,2-7,16H2,1H3. The lowest BCUT2D eigenvalue weighted by Crippen LogP contribution is -2.14. The van der Waals surface area contributed by atoms with E-state index in [1.807, 2.05) is 0 Å². The highest BCUT2D eigenvalue weighted by molar-refractivity contribution is 6.33. The molecule has 3 nitrogen and oxygen atoms in total. The molecule has 4 heteroatoms. The fraction of sp³-hybridized carbons (Fsp3) is 0.571. The normalized spacial score (nSPS) is 17.9. The van der Waals surface area contributed by atoms with Crippen LogP contribution in [0.2, 0.25) is 5.02 Å². The van der Waals surface area contributed by atoms with Gasteiger partial charge >= 0.3 is 0 Å². The average Bonchev–Trinajstić information content (AvgIpc) is 3.03. The predicted molar refractivity (Wildman–Crippen MR) is 71.9 cm³/mol. The molecular weight excluding hydrogens is 250 g/mol. The van der Waals surface area contributed by atoms with Gasteiger partial charge in [-0.25, -0.2) is 0 Å². The first-order chi connectivity index (χ1) is 8.77. The summed E-state index contributed by atoms with van der Waals surface area (Å²) in [6.45, 7) is 4.23. The van der Waals surface area contributed by atoms with E-state index in [1.165, 1.54) is 11.1 Å². The van der Waals surface area contributed by atoms with E-state index >= 15 is 0 Å². The summed E-state index contributed by atoms with van der Waals surface area (Å²) in [5.41, 5.74) is 9.50. The van der Waals surface area contributed by atoms with Gasteiger partial charge in [-0.3, -0.25) is 0 Å². The third-order valence-corrected chi connectivity index (χ3v) is 4.36. The second-order valence-corrected chi connectivity index (χ2v) is 5.26. The molecule has 0 spiro atoms. The van der Waals surface area contributed by atoms with Crippen molar-refractivity contribution >= 4 is 11.6 Å². The van der Waals surface area contributed by atoms with Crippen LogP contribution in [0, 0.1) is 0 Å². The smallest absolute Gasteiger partial charge is 0.142 e. The van der Waals surface area contributed by atoms with Crippen molar-refractivity contribution < 1.29 is 9.47 Å². The highest BCUT2D eigenvalue weighted by atomic mass is 35.5. The van der Waals surface area contributed by atoms with Gasteiger partial charge in [0, 0.05) is 29.5 Å². The zero-order valence-electron chi connectivity index (χ0n) is 10.6. The van der Waals surface area contributed by atoms with E-state index in [2.05, 4.69) is 6.92 Å². The van der Waals surface area contributed by atoms with Crippen LogP contribution in [0.25, 0.3) is 0 Å². The molecule has 3 rings (SSSR count). The monoisotopic (exact) mass is 267 g/mol. The number of hydrogen-bond donors (Lipinski definition) is 1. The first kappa shape index (κ1) is 12.1. The van der Waals surface area contributed by atoms with Crippen LogP contribution in [0.5, 0.6) is 11.5 Å². The first-order valence-corrected chi connectivity index (χ1v) is 6.98. The van der Waals surface area contributed by atoms with Crippen LogP contribution in [-0.4, -0.2) is 19.8 Å². The SMILES string of the molecule is CCC(CN)c1c2c(c(Cl)c3c1OCC3)OCC2. The van der Waals surface area contributed by atoms with Gasteiger partial charge in [-0.15, -0.1) is 0 Å². The minimum Gasteiger partial charge on any atom is -0.493 e. The van der Waals surface area contributed by atoms with Crippen LogP contribution in [0.4, 0.5) is 0 Å². The van der Waals surface area contributed by atoms with E-state index in [4.69, 9.17) is 26.8 Å². The Morgan fingerprint density at radius 3 is 2.50 bits per heavy atom. The van der Waals surface area contributed by atoms with Crippen LogP contribution < -0.4 is 15.2 Å². The Labute approximate surface area is 112 Å². The van der Waals surface area contributed by atoms with Crippen molar-refractivity contribution in [1.29, 1.82) is 0 Å². The van der Waals surface area contributed by atoms with Gasteiger partial charge in [-0.2, -0.15) is 0 Å². The Kier molecular flexibility index (Phi) is 3.12. The molecule has 0 aromatic heterocycles. The fourth-order valence-corrected chi connectivity index (χ4v) is 3.36. The second kappa shape index (κ2) is 4.63.